The molecule has 2 rings (SSSR count). The van der Waals surface area contributed by atoms with Gasteiger partial charge in [0.15, 0.2) is 0 Å². The van der Waals surface area contributed by atoms with Crippen molar-refractivity contribution in [2.24, 2.45) is 0 Å². The van der Waals surface area contributed by atoms with Crippen molar-refractivity contribution in [2.75, 3.05) is 0 Å². The Balaban J connectivity index is 2.56. The molecule has 0 aliphatic heterocycles. The van der Waals surface area contributed by atoms with Gasteiger partial charge in [-0.1, -0.05) is 31.2 Å². The van der Waals surface area contributed by atoms with Gasteiger partial charge in [-0.3, -0.25) is 4.98 Å². The number of hydrogen-bond acceptors (Lipinski definition) is 1. The van der Waals surface area contributed by atoms with Gasteiger partial charge in [-0.2, -0.15) is 0 Å². The molecule has 0 N–H and O–H groups in total. The quantitative estimate of drug-likeness (QED) is 0.649. The number of rotatable bonds is 2. The van der Waals surface area contributed by atoms with Crippen LogP contribution in [0.1, 0.15) is 18.4 Å². The van der Waals surface area contributed by atoms with E-state index in [0.717, 1.165) is 5.52 Å². The second-order valence-corrected chi connectivity index (χ2v) is 3.49. The largest absolute Gasteiger partial charge is 0.256 e. The van der Waals surface area contributed by atoms with Crippen molar-refractivity contribution in [3.63, 3.8) is 0 Å². The Morgan fingerprint density at radius 2 is 2.14 bits per heavy atom. The van der Waals surface area contributed by atoms with Crippen LogP contribution >= 0.6 is 0 Å². The maximum absolute atomic E-state index is 4.40. The summed E-state index contributed by atoms with van der Waals surface area (Å²) in [6.45, 7) is 5.91. The maximum atomic E-state index is 4.40. The highest BCUT2D eigenvalue weighted by atomic mass is 14.6. The van der Waals surface area contributed by atoms with Gasteiger partial charge in [0, 0.05) is 17.5 Å². The lowest BCUT2D eigenvalue weighted by molar-refractivity contribution is 0.963. The van der Waals surface area contributed by atoms with Gasteiger partial charge in [0.1, 0.15) is 0 Å². The summed E-state index contributed by atoms with van der Waals surface area (Å²) >= 11 is 0. The van der Waals surface area contributed by atoms with Gasteiger partial charge >= 0.3 is 0 Å². The third-order valence-corrected chi connectivity index (χ3v) is 2.49. The fraction of sp³-hybridized carbons (Fsp3) is 0.154. The fourth-order valence-corrected chi connectivity index (χ4v) is 1.47. The number of allylic oxidation sites excluding steroid dienone is 1. The van der Waals surface area contributed by atoms with E-state index in [0.29, 0.717) is 5.92 Å². The van der Waals surface area contributed by atoms with Crippen LogP contribution < -0.4 is 0 Å². The third-order valence-electron chi connectivity index (χ3n) is 2.49. The zero-order valence-electron chi connectivity index (χ0n) is 8.27. The molecule has 2 aromatic rings. The van der Waals surface area contributed by atoms with Crippen molar-refractivity contribution in [1.29, 1.82) is 0 Å². The number of pyridine rings is 1. The smallest absolute Gasteiger partial charge is 0.0702 e. The fourth-order valence-electron chi connectivity index (χ4n) is 1.47. The van der Waals surface area contributed by atoms with Crippen LogP contribution in [0.25, 0.3) is 10.9 Å². The van der Waals surface area contributed by atoms with E-state index in [4.69, 9.17) is 0 Å². The van der Waals surface area contributed by atoms with Gasteiger partial charge in [0.25, 0.3) is 0 Å². The van der Waals surface area contributed by atoms with Crippen LogP contribution in [0.3, 0.4) is 0 Å². The van der Waals surface area contributed by atoms with Crippen LogP contribution in [0.15, 0.2) is 49.2 Å². The zero-order chi connectivity index (χ0) is 9.97. The van der Waals surface area contributed by atoms with E-state index in [1.54, 1.807) is 0 Å². The lowest BCUT2D eigenvalue weighted by Gasteiger charge is -2.06. The minimum absolute atomic E-state index is 0.368. The molecule has 1 nitrogen and oxygen atoms in total. The molecule has 1 aromatic carbocycles. The summed E-state index contributed by atoms with van der Waals surface area (Å²) in [5.41, 5.74) is 2.27. The SMILES string of the molecule is C=CC(C)c1cnc2ccccc2c1. The summed E-state index contributed by atoms with van der Waals surface area (Å²) < 4.78 is 0. The van der Waals surface area contributed by atoms with Crippen LogP contribution in [0.4, 0.5) is 0 Å². The average molecular weight is 183 g/mol. The van der Waals surface area contributed by atoms with Gasteiger partial charge in [-0.15, -0.1) is 6.58 Å². The number of aromatic nitrogens is 1. The van der Waals surface area contributed by atoms with E-state index in [1.165, 1.54) is 10.9 Å². The molecule has 70 valence electrons. The summed E-state index contributed by atoms with van der Waals surface area (Å²) in [6, 6.07) is 10.3. The highest BCUT2D eigenvalue weighted by molar-refractivity contribution is 5.78. The molecule has 1 heterocycles. The van der Waals surface area contributed by atoms with Crippen LogP contribution in [-0.2, 0) is 0 Å². The Labute approximate surface area is 84.1 Å². The minimum Gasteiger partial charge on any atom is -0.256 e. The molecule has 14 heavy (non-hydrogen) atoms. The molecule has 1 atom stereocenters. The van der Waals surface area contributed by atoms with Gasteiger partial charge in [0.2, 0.25) is 0 Å². The van der Waals surface area contributed by atoms with Crippen molar-refractivity contribution in [1.82, 2.24) is 4.98 Å². The van der Waals surface area contributed by atoms with E-state index in [-0.39, 0.29) is 0 Å². The Hall–Kier alpha value is -1.63. The lowest BCUT2D eigenvalue weighted by atomic mass is 10.0. The molecule has 1 aromatic heterocycles. The van der Waals surface area contributed by atoms with Gasteiger partial charge in [-0.05, 0) is 17.7 Å². The molecule has 0 aliphatic rings. The first kappa shape index (κ1) is 8.95. The van der Waals surface area contributed by atoms with E-state index in [9.17, 15) is 0 Å². The topological polar surface area (TPSA) is 12.9 Å². The standard InChI is InChI=1S/C13H13N/c1-3-10(2)12-8-11-6-4-5-7-13(11)14-9-12/h3-10H,1H2,2H3. The molecule has 1 heteroatoms. The first-order chi connectivity index (χ1) is 6.81. The summed E-state index contributed by atoms with van der Waals surface area (Å²) in [4.78, 5) is 4.40. The maximum Gasteiger partial charge on any atom is 0.0702 e. The van der Waals surface area contributed by atoms with E-state index in [1.807, 2.05) is 30.5 Å². The Morgan fingerprint density at radius 1 is 1.36 bits per heavy atom. The molecule has 0 saturated heterocycles. The summed E-state index contributed by atoms with van der Waals surface area (Å²) in [5.74, 6) is 0.368. The normalized spacial score (nSPS) is 12.6. The average Bonchev–Trinajstić information content (AvgIpc) is 2.27. The molecule has 1 unspecified atom stereocenters. The van der Waals surface area contributed by atoms with Crippen molar-refractivity contribution >= 4 is 10.9 Å². The molecule has 0 amide bonds. The van der Waals surface area contributed by atoms with Crippen molar-refractivity contribution < 1.29 is 0 Å². The number of para-hydroxylation sites is 1. The minimum atomic E-state index is 0.368. The molecule has 0 saturated carbocycles. The highest BCUT2D eigenvalue weighted by Crippen LogP contribution is 2.19. The van der Waals surface area contributed by atoms with Crippen LogP contribution in [0, 0.1) is 0 Å². The second-order valence-electron chi connectivity index (χ2n) is 3.49. The molecule has 0 bridgehead atoms. The molecule has 0 spiro atoms. The van der Waals surface area contributed by atoms with Gasteiger partial charge < -0.3 is 0 Å². The first-order valence-corrected chi connectivity index (χ1v) is 4.78. The summed E-state index contributed by atoms with van der Waals surface area (Å²) in [5, 5.41) is 1.19. The van der Waals surface area contributed by atoms with Crippen molar-refractivity contribution in [3.05, 3.63) is 54.7 Å². The van der Waals surface area contributed by atoms with E-state index >= 15 is 0 Å². The van der Waals surface area contributed by atoms with Gasteiger partial charge in [-0.25, -0.2) is 0 Å². The Bertz CT molecular complexity index is 459. The molecule has 0 radical (unpaired) electrons. The summed E-state index contributed by atoms with van der Waals surface area (Å²) in [7, 11) is 0. The zero-order valence-corrected chi connectivity index (χ0v) is 8.27. The molecule has 0 aliphatic carbocycles. The molecular formula is C13H13N. The van der Waals surface area contributed by atoms with E-state index in [2.05, 4.69) is 30.6 Å². The third kappa shape index (κ3) is 1.53. The Morgan fingerprint density at radius 3 is 2.93 bits per heavy atom. The van der Waals surface area contributed by atoms with Crippen LogP contribution in [0.5, 0.6) is 0 Å². The monoisotopic (exact) mass is 183 g/mol. The van der Waals surface area contributed by atoms with Crippen LogP contribution in [0.2, 0.25) is 0 Å². The molecular weight excluding hydrogens is 170 g/mol. The first-order valence-electron chi connectivity index (χ1n) is 4.78. The number of nitrogens with zero attached hydrogens (tertiary/aromatic N) is 1. The highest BCUT2D eigenvalue weighted by Gasteiger charge is 2.02. The Kier molecular flexibility index (Phi) is 2.32. The summed E-state index contributed by atoms with van der Waals surface area (Å²) in [6.07, 6.45) is 3.86. The predicted molar refractivity (Wildman–Crippen MR) is 60.4 cm³/mol. The van der Waals surface area contributed by atoms with Crippen LogP contribution in [-0.4, -0.2) is 4.98 Å². The van der Waals surface area contributed by atoms with Crippen molar-refractivity contribution in [3.8, 4) is 0 Å². The number of hydrogen-bond donors (Lipinski definition) is 0. The number of fused-ring (bicyclic) bond motifs is 1. The van der Waals surface area contributed by atoms with Gasteiger partial charge in [0.05, 0.1) is 5.52 Å². The number of benzene rings is 1. The predicted octanol–water partition coefficient (Wildman–Crippen LogP) is 3.52. The lowest BCUT2D eigenvalue weighted by Crippen LogP contribution is -1.90. The molecule has 0 fully saturated rings. The van der Waals surface area contributed by atoms with E-state index < -0.39 is 0 Å². The second kappa shape index (κ2) is 3.62. The van der Waals surface area contributed by atoms with Crippen molar-refractivity contribution in [2.45, 2.75) is 12.8 Å².